The van der Waals surface area contributed by atoms with E-state index in [-0.39, 0.29) is 35.6 Å². The first-order valence-corrected chi connectivity index (χ1v) is 11.3. The molecule has 10 N–H and O–H groups in total. The van der Waals surface area contributed by atoms with E-state index in [1.807, 2.05) is 48.5 Å². The van der Waals surface area contributed by atoms with Gasteiger partial charge in [0.05, 0.1) is 0 Å². The Balaban J connectivity index is 1.42. The quantitative estimate of drug-likeness (QED) is 0.218. The van der Waals surface area contributed by atoms with Crippen molar-refractivity contribution in [3.05, 3.63) is 59.7 Å². The lowest BCUT2D eigenvalue weighted by molar-refractivity contribution is -0.125. The molecule has 1 fully saturated rings. The molecule has 0 aliphatic heterocycles. The number of carbonyl (C=O) groups excluding carboxylic acids is 2. The lowest BCUT2D eigenvalue weighted by Crippen LogP contribution is -2.32. The van der Waals surface area contributed by atoms with Crippen LogP contribution in [-0.4, -0.2) is 23.7 Å². The second-order valence-corrected chi connectivity index (χ2v) is 8.46. The third-order valence-electron chi connectivity index (χ3n) is 5.88. The number of anilines is 2. The van der Waals surface area contributed by atoms with Crippen LogP contribution in [0, 0.1) is 22.7 Å². The van der Waals surface area contributed by atoms with Gasteiger partial charge < -0.3 is 32.7 Å². The summed E-state index contributed by atoms with van der Waals surface area (Å²) in [5.41, 5.74) is 13.9. The minimum absolute atomic E-state index is 0.0248. The van der Waals surface area contributed by atoms with Crippen LogP contribution in [0.2, 0.25) is 0 Å². The molecule has 10 nitrogen and oxygen atoms in total. The second-order valence-electron chi connectivity index (χ2n) is 8.46. The predicted octanol–water partition coefficient (Wildman–Crippen LogP) is 2.04. The zero-order valence-electron chi connectivity index (χ0n) is 19.0. The first-order valence-electron chi connectivity index (χ1n) is 11.3. The van der Waals surface area contributed by atoms with Gasteiger partial charge in [-0.25, -0.2) is 0 Å². The van der Waals surface area contributed by atoms with Crippen molar-refractivity contribution in [2.24, 2.45) is 23.3 Å². The van der Waals surface area contributed by atoms with Crippen molar-refractivity contribution in [2.45, 2.75) is 38.8 Å². The minimum atomic E-state index is -0.115. The van der Waals surface area contributed by atoms with Crippen molar-refractivity contribution in [3.8, 4) is 0 Å². The van der Waals surface area contributed by atoms with Gasteiger partial charge in [-0.15, -0.1) is 0 Å². The topological polar surface area (TPSA) is 182 Å². The van der Waals surface area contributed by atoms with E-state index in [0.717, 1.165) is 22.5 Å². The standard InChI is InChI=1S/C24H32N8O2/c25-23(26)29-13-15-1-9-19(10-2-15)31-21(33)17-5-7-18(8-6-17)22(34)32-20-11-3-16(4-12-20)14-30-24(27)28/h1-4,9-12,17-18H,5-8,13-14H2,(H,31,33)(H,32,34)(H4,25,26,29)(H4,27,28,30)/t17-,18-. The van der Waals surface area contributed by atoms with Crippen molar-refractivity contribution in [1.29, 1.82) is 10.8 Å². The summed E-state index contributed by atoms with van der Waals surface area (Å²) in [4.78, 5) is 25.3. The molecule has 0 radical (unpaired) electrons. The smallest absolute Gasteiger partial charge is 0.227 e. The molecule has 2 aromatic rings. The maximum absolute atomic E-state index is 12.7. The molecule has 0 atom stereocenters. The van der Waals surface area contributed by atoms with Gasteiger partial charge in [-0.3, -0.25) is 20.4 Å². The van der Waals surface area contributed by atoms with Crippen LogP contribution >= 0.6 is 0 Å². The highest BCUT2D eigenvalue weighted by Crippen LogP contribution is 2.30. The first kappa shape index (κ1) is 24.6. The number of rotatable bonds is 8. The van der Waals surface area contributed by atoms with E-state index in [9.17, 15) is 9.59 Å². The molecular formula is C24H32N8O2. The van der Waals surface area contributed by atoms with Crippen molar-refractivity contribution in [3.63, 3.8) is 0 Å². The number of nitrogens with two attached hydrogens (primary N) is 2. The molecule has 0 saturated heterocycles. The molecule has 0 heterocycles. The Hall–Kier alpha value is -4.08. The Kier molecular flexibility index (Phi) is 8.44. The summed E-state index contributed by atoms with van der Waals surface area (Å²) < 4.78 is 0. The van der Waals surface area contributed by atoms with Crippen LogP contribution in [0.5, 0.6) is 0 Å². The lowest BCUT2D eigenvalue weighted by Gasteiger charge is -2.27. The molecule has 10 heteroatoms. The number of benzene rings is 2. The van der Waals surface area contributed by atoms with Crippen LogP contribution in [0.25, 0.3) is 0 Å². The van der Waals surface area contributed by atoms with Crippen LogP contribution in [0.1, 0.15) is 36.8 Å². The fourth-order valence-electron chi connectivity index (χ4n) is 3.91. The number of carbonyl (C=O) groups is 2. The van der Waals surface area contributed by atoms with Crippen molar-refractivity contribution < 1.29 is 9.59 Å². The summed E-state index contributed by atoms with van der Waals surface area (Å²) in [7, 11) is 0. The van der Waals surface area contributed by atoms with E-state index in [4.69, 9.17) is 22.3 Å². The SMILES string of the molecule is N=C(N)NCc1ccc(NC(=O)[C@H]2CC[C@H](C(=O)Nc3ccc(CNC(=N)N)cc3)CC2)cc1. The summed E-state index contributed by atoms with van der Waals surface area (Å²) in [6.07, 6.45) is 2.67. The van der Waals surface area contributed by atoms with Crippen LogP contribution in [-0.2, 0) is 22.7 Å². The molecule has 2 aromatic carbocycles. The first-order chi connectivity index (χ1) is 16.3. The van der Waals surface area contributed by atoms with Gasteiger partial charge in [0, 0.05) is 36.3 Å². The summed E-state index contributed by atoms with van der Waals surface area (Å²) in [5.74, 6) is -0.449. The fourth-order valence-corrected chi connectivity index (χ4v) is 3.91. The van der Waals surface area contributed by atoms with E-state index < -0.39 is 0 Å². The molecule has 34 heavy (non-hydrogen) atoms. The zero-order valence-corrected chi connectivity index (χ0v) is 19.0. The Bertz CT molecular complexity index is 929. The van der Waals surface area contributed by atoms with E-state index in [2.05, 4.69) is 21.3 Å². The van der Waals surface area contributed by atoms with E-state index in [1.165, 1.54) is 0 Å². The average Bonchev–Trinajstić information content (AvgIpc) is 2.83. The maximum atomic E-state index is 12.7. The van der Waals surface area contributed by atoms with Crippen molar-refractivity contribution in [2.75, 3.05) is 10.6 Å². The molecule has 0 bridgehead atoms. The van der Waals surface area contributed by atoms with Gasteiger partial charge in [-0.05, 0) is 61.1 Å². The van der Waals surface area contributed by atoms with Gasteiger partial charge in [-0.1, -0.05) is 24.3 Å². The van der Waals surface area contributed by atoms with Crippen LogP contribution in [0.3, 0.4) is 0 Å². The molecule has 3 rings (SSSR count). The number of amides is 2. The normalized spacial score (nSPS) is 17.3. The Morgan fingerprint density at radius 2 is 1.00 bits per heavy atom. The summed E-state index contributed by atoms with van der Waals surface area (Å²) in [6.45, 7) is 0.910. The average molecular weight is 465 g/mol. The predicted molar refractivity (Wildman–Crippen MR) is 133 cm³/mol. The number of hydrogen-bond donors (Lipinski definition) is 8. The summed E-state index contributed by atoms with van der Waals surface area (Å²) in [6, 6.07) is 14.8. The van der Waals surface area contributed by atoms with E-state index >= 15 is 0 Å². The zero-order chi connectivity index (χ0) is 24.5. The molecule has 180 valence electrons. The maximum Gasteiger partial charge on any atom is 0.227 e. The number of hydrogen-bond acceptors (Lipinski definition) is 4. The van der Waals surface area contributed by atoms with E-state index in [0.29, 0.717) is 38.8 Å². The number of guanidine groups is 2. The third-order valence-corrected chi connectivity index (χ3v) is 5.88. The molecular weight excluding hydrogens is 432 g/mol. The largest absolute Gasteiger partial charge is 0.370 e. The lowest BCUT2D eigenvalue weighted by atomic mass is 9.81. The second kappa shape index (κ2) is 11.7. The van der Waals surface area contributed by atoms with Crippen LogP contribution < -0.4 is 32.7 Å². The Morgan fingerprint density at radius 3 is 1.29 bits per heavy atom. The van der Waals surface area contributed by atoms with Crippen LogP contribution in [0.4, 0.5) is 11.4 Å². The highest BCUT2D eigenvalue weighted by atomic mass is 16.2. The molecule has 2 amide bonds. The molecule has 0 aromatic heterocycles. The van der Waals surface area contributed by atoms with Gasteiger partial charge in [0.1, 0.15) is 0 Å². The summed E-state index contributed by atoms with van der Waals surface area (Å²) >= 11 is 0. The van der Waals surface area contributed by atoms with Gasteiger partial charge >= 0.3 is 0 Å². The molecule has 1 aliphatic carbocycles. The van der Waals surface area contributed by atoms with Crippen molar-refractivity contribution in [1.82, 2.24) is 10.6 Å². The fraction of sp³-hybridized carbons (Fsp3) is 0.333. The van der Waals surface area contributed by atoms with Crippen LogP contribution in [0.15, 0.2) is 48.5 Å². The molecule has 1 saturated carbocycles. The Morgan fingerprint density at radius 1 is 0.676 bits per heavy atom. The van der Waals surface area contributed by atoms with E-state index in [1.54, 1.807) is 0 Å². The van der Waals surface area contributed by atoms with Gasteiger partial charge in [0.2, 0.25) is 11.8 Å². The monoisotopic (exact) mass is 464 g/mol. The van der Waals surface area contributed by atoms with Gasteiger partial charge in [-0.2, -0.15) is 0 Å². The highest BCUT2D eigenvalue weighted by molar-refractivity contribution is 5.94. The third kappa shape index (κ3) is 7.51. The molecule has 0 unspecified atom stereocenters. The van der Waals surface area contributed by atoms with Gasteiger partial charge in [0.25, 0.3) is 0 Å². The van der Waals surface area contributed by atoms with Gasteiger partial charge in [0.15, 0.2) is 11.9 Å². The molecule has 0 spiro atoms. The Labute approximate surface area is 198 Å². The highest BCUT2D eigenvalue weighted by Gasteiger charge is 2.30. The van der Waals surface area contributed by atoms with Crippen molar-refractivity contribution >= 4 is 35.1 Å². The number of nitrogens with one attached hydrogen (secondary N) is 6. The molecule has 1 aliphatic rings. The summed E-state index contributed by atoms with van der Waals surface area (Å²) in [5, 5.41) is 25.8. The minimum Gasteiger partial charge on any atom is -0.370 e.